The molecule has 0 radical (unpaired) electrons. The van der Waals surface area contributed by atoms with Crippen molar-refractivity contribution in [2.24, 2.45) is 0 Å². The lowest BCUT2D eigenvalue weighted by Gasteiger charge is -2.30. The molecule has 0 heterocycles. The predicted molar refractivity (Wildman–Crippen MR) is 80.4 cm³/mol. The van der Waals surface area contributed by atoms with Gasteiger partial charge in [-0.15, -0.1) is 0 Å². The maximum absolute atomic E-state index is 12.5. The summed E-state index contributed by atoms with van der Waals surface area (Å²) < 4.78 is 26.4. The lowest BCUT2D eigenvalue weighted by atomic mass is 9.96. The molecule has 0 atom stereocenters. The summed E-state index contributed by atoms with van der Waals surface area (Å²) >= 11 is 0. The largest absolute Gasteiger partial charge is 0.273 e. The summed E-state index contributed by atoms with van der Waals surface area (Å²) in [6, 6.07) is 6.03. The standard InChI is InChI=1S/C14H20N2O4S/c1-15(13-8-3-2-4-9-13)21(19,20)11-12-7-5-6-10-14(12)16(17)18/h5-7,10,13H,2-4,8-9,11H2,1H3. The number of nitrogens with zero attached hydrogens (tertiary/aromatic N) is 2. The van der Waals surface area contributed by atoms with Gasteiger partial charge >= 0.3 is 0 Å². The van der Waals surface area contributed by atoms with Crippen LogP contribution in [0, 0.1) is 10.1 Å². The molecule has 1 aliphatic carbocycles. The zero-order chi connectivity index (χ0) is 15.5. The van der Waals surface area contributed by atoms with Crippen LogP contribution in [0.25, 0.3) is 0 Å². The van der Waals surface area contributed by atoms with Crippen LogP contribution < -0.4 is 0 Å². The molecular formula is C14H20N2O4S. The fourth-order valence-corrected chi connectivity index (χ4v) is 4.29. The average molecular weight is 312 g/mol. The first-order valence-corrected chi connectivity index (χ1v) is 8.71. The second-order valence-electron chi connectivity index (χ2n) is 5.45. The minimum absolute atomic E-state index is 0.0199. The van der Waals surface area contributed by atoms with E-state index >= 15 is 0 Å². The summed E-state index contributed by atoms with van der Waals surface area (Å²) in [6.45, 7) is 0. The van der Waals surface area contributed by atoms with E-state index in [4.69, 9.17) is 0 Å². The molecule has 0 N–H and O–H groups in total. The van der Waals surface area contributed by atoms with Crippen molar-refractivity contribution >= 4 is 15.7 Å². The number of hydrogen-bond acceptors (Lipinski definition) is 4. The Hall–Kier alpha value is -1.47. The Bertz CT molecular complexity index is 609. The van der Waals surface area contributed by atoms with Crippen molar-refractivity contribution in [2.75, 3.05) is 7.05 Å². The van der Waals surface area contributed by atoms with Crippen LogP contribution in [0.3, 0.4) is 0 Å². The average Bonchev–Trinajstić information content (AvgIpc) is 2.47. The first-order valence-electron chi connectivity index (χ1n) is 7.10. The summed E-state index contributed by atoms with van der Waals surface area (Å²) in [4.78, 5) is 10.4. The van der Waals surface area contributed by atoms with Crippen LogP contribution in [0.1, 0.15) is 37.7 Å². The van der Waals surface area contributed by atoms with Crippen molar-refractivity contribution < 1.29 is 13.3 Å². The van der Waals surface area contributed by atoms with E-state index < -0.39 is 14.9 Å². The summed E-state index contributed by atoms with van der Waals surface area (Å²) in [5.41, 5.74) is 0.100. The lowest BCUT2D eigenvalue weighted by Crippen LogP contribution is -2.38. The van der Waals surface area contributed by atoms with E-state index in [0.717, 1.165) is 32.1 Å². The molecule has 1 aliphatic rings. The van der Waals surface area contributed by atoms with Gasteiger partial charge in [0, 0.05) is 24.7 Å². The summed E-state index contributed by atoms with van der Waals surface area (Å²) in [6.07, 6.45) is 4.96. The van der Waals surface area contributed by atoms with Gasteiger partial charge in [-0.05, 0) is 12.8 Å². The van der Waals surface area contributed by atoms with Gasteiger partial charge in [0.05, 0.1) is 10.7 Å². The van der Waals surface area contributed by atoms with Gasteiger partial charge in [0.25, 0.3) is 5.69 Å². The smallest absolute Gasteiger partial charge is 0.258 e. The Labute approximate surface area is 125 Å². The maximum Gasteiger partial charge on any atom is 0.273 e. The molecule has 2 rings (SSSR count). The highest BCUT2D eigenvalue weighted by Crippen LogP contribution is 2.26. The van der Waals surface area contributed by atoms with E-state index in [0.29, 0.717) is 0 Å². The Morgan fingerprint density at radius 3 is 2.48 bits per heavy atom. The Kier molecular flexibility index (Phi) is 4.95. The SMILES string of the molecule is CN(C1CCCCC1)S(=O)(=O)Cc1ccccc1[N+](=O)[O-]. The molecule has 0 unspecified atom stereocenters. The zero-order valence-corrected chi connectivity index (χ0v) is 12.9. The maximum atomic E-state index is 12.5. The van der Waals surface area contributed by atoms with Gasteiger partial charge in [-0.2, -0.15) is 0 Å². The van der Waals surface area contributed by atoms with Gasteiger partial charge in [-0.1, -0.05) is 37.5 Å². The molecule has 1 aromatic carbocycles. The number of hydrogen-bond donors (Lipinski definition) is 0. The minimum Gasteiger partial charge on any atom is -0.258 e. The number of rotatable bonds is 5. The van der Waals surface area contributed by atoms with E-state index in [1.807, 2.05) is 0 Å². The molecule has 0 saturated heterocycles. The Morgan fingerprint density at radius 1 is 1.24 bits per heavy atom. The number of nitro groups is 1. The molecule has 0 aliphatic heterocycles. The molecule has 0 spiro atoms. The first-order chi connectivity index (χ1) is 9.92. The van der Waals surface area contributed by atoms with Crippen molar-refractivity contribution in [1.82, 2.24) is 4.31 Å². The van der Waals surface area contributed by atoms with Crippen molar-refractivity contribution in [3.8, 4) is 0 Å². The van der Waals surface area contributed by atoms with Gasteiger partial charge < -0.3 is 0 Å². The van der Waals surface area contributed by atoms with E-state index in [-0.39, 0.29) is 23.0 Å². The van der Waals surface area contributed by atoms with E-state index in [2.05, 4.69) is 0 Å². The van der Waals surface area contributed by atoms with Crippen molar-refractivity contribution in [3.63, 3.8) is 0 Å². The number of sulfonamides is 1. The highest BCUT2D eigenvalue weighted by atomic mass is 32.2. The van der Waals surface area contributed by atoms with Crippen LogP contribution in [0.4, 0.5) is 5.69 Å². The third kappa shape index (κ3) is 3.79. The van der Waals surface area contributed by atoms with Crippen LogP contribution >= 0.6 is 0 Å². The van der Waals surface area contributed by atoms with Gasteiger partial charge in [-0.3, -0.25) is 10.1 Å². The molecule has 1 saturated carbocycles. The van der Waals surface area contributed by atoms with Crippen molar-refractivity contribution in [1.29, 1.82) is 0 Å². The van der Waals surface area contributed by atoms with Crippen molar-refractivity contribution in [3.05, 3.63) is 39.9 Å². The molecule has 0 bridgehead atoms. The number of benzene rings is 1. The summed E-state index contributed by atoms with van der Waals surface area (Å²) in [5.74, 6) is -0.322. The highest BCUT2D eigenvalue weighted by molar-refractivity contribution is 7.88. The molecule has 7 heteroatoms. The Balaban J connectivity index is 2.19. The normalized spacial score (nSPS) is 17.0. The molecule has 0 aromatic heterocycles. The topological polar surface area (TPSA) is 80.5 Å². The molecular weight excluding hydrogens is 292 g/mol. The molecule has 116 valence electrons. The van der Waals surface area contributed by atoms with Gasteiger partial charge in [-0.25, -0.2) is 12.7 Å². The monoisotopic (exact) mass is 312 g/mol. The van der Waals surface area contributed by atoms with Crippen LogP contribution in [-0.2, 0) is 15.8 Å². The fourth-order valence-electron chi connectivity index (χ4n) is 2.78. The summed E-state index contributed by atoms with van der Waals surface area (Å²) in [5, 5.41) is 11.0. The second-order valence-corrected chi connectivity index (χ2v) is 7.48. The second kappa shape index (κ2) is 6.53. The molecule has 6 nitrogen and oxygen atoms in total. The lowest BCUT2D eigenvalue weighted by molar-refractivity contribution is -0.385. The predicted octanol–water partition coefficient (Wildman–Crippen LogP) is 2.69. The molecule has 21 heavy (non-hydrogen) atoms. The van der Waals surface area contributed by atoms with Crippen LogP contribution in [0.15, 0.2) is 24.3 Å². The van der Waals surface area contributed by atoms with Gasteiger partial charge in [0.1, 0.15) is 0 Å². The fraction of sp³-hybridized carbons (Fsp3) is 0.571. The number of nitro benzene ring substituents is 1. The van der Waals surface area contributed by atoms with Crippen molar-refractivity contribution in [2.45, 2.75) is 43.9 Å². The molecule has 1 aromatic rings. The zero-order valence-electron chi connectivity index (χ0n) is 12.1. The number of para-hydroxylation sites is 1. The minimum atomic E-state index is -3.54. The third-order valence-corrected chi connectivity index (χ3v) is 5.91. The van der Waals surface area contributed by atoms with Gasteiger partial charge in [0.2, 0.25) is 10.0 Å². The van der Waals surface area contributed by atoms with E-state index in [1.165, 1.54) is 16.4 Å². The van der Waals surface area contributed by atoms with Gasteiger partial charge in [0.15, 0.2) is 0 Å². The van der Waals surface area contributed by atoms with Crippen LogP contribution in [-0.4, -0.2) is 30.7 Å². The van der Waals surface area contributed by atoms with E-state index in [9.17, 15) is 18.5 Å². The third-order valence-electron chi connectivity index (χ3n) is 4.05. The summed E-state index contributed by atoms with van der Waals surface area (Å²) in [7, 11) is -1.96. The van der Waals surface area contributed by atoms with Crippen LogP contribution in [0.2, 0.25) is 0 Å². The Morgan fingerprint density at radius 2 is 1.86 bits per heavy atom. The first kappa shape index (κ1) is 15.9. The highest BCUT2D eigenvalue weighted by Gasteiger charge is 2.29. The molecule has 1 fully saturated rings. The van der Waals surface area contributed by atoms with Crippen LogP contribution in [0.5, 0.6) is 0 Å². The van der Waals surface area contributed by atoms with E-state index in [1.54, 1.807) is 19.2 Å². The molecule has 0 amide bonds. The quantitative estimate of drug-likeness (QED) is 0.618.